The zero-order valence-corrected chi connectivity index (χ0v) is 29.1. The molecular weight excluding hydrogens is 653 g/mol. The van der Waals surface area contributed by atoms with E-state index in [1.807, 2.05) is 43.4 Å². The molecule has 10 rings (SSSR count). The van der Waals surface area contributed by atoms with Gasteiger partial charge in [-0.25, -0.2) is 14.8 Å². The Hall–Kier alpha value is -7.05. The SMILES string of the molecule is Cn1c(=O)n(C)c2cc(-c3cccc(-c4cc(-c5cccc(-c6ccc7oc8ccc9ccccc9c8c7c6)c5)nc(-c5ccccc5)n4)c3)ccc21. The highest BCUT2D eigenvalue weighted by Gasteiger charge is 2.15. The summed E-state index contributed by atoms with van der Waals surface area (Å²) in [6.45, 7) is 0. The smallest absolute Gasteiger partial charge is 0.328 e. The van der Waals surface area contributed by atoms with Crippen molar-refractivity contribution < 1.29 is 4.42 Å². The van der Waals surface area contributed by atoms with Crippen molar-refractivity contribution in [1.82, 2.24) is 19.1 Å². The lowest BCUT2D eigenvalue weighted by atomic mass is 9.97. The number of hydrogen-bond acceptors (Lipinski definition) is 4. The maximum atomic E-state index is 12.6. The van der Waals surface area contributed by atoms with E-state index in [1.165, 1.54) is 10.8 Å². The van der Waals surface area contributed by atoms with Gasteiger partial charge in [0.2, 0.25) is 0 Å². The van der Waals surface area contributed by atoms with Crippen LogP contribution in [-0.2, 0) is 14.1 Å². The number of aryl methyl sites for hydroxylation is 2. The van der Waals surface area contributed by atoms with Crippen molar-refractivity contribution in [3.63, 3.8) is 0 Å². The number of nitrogens with zero attached hydrogens (tertiary/aromatic N) is 4. The van der Waals surface area contributed by atoms with Crippen LogP contribution < -0.4 is 5.69 Å². The first-order valence-electron chi connectivity index (χ1n) is 17.6. The van der Waals surface area contributed by atoms with Crippen molar-refractivity contribution in [3.05, 3.63) is 168 Å². The summed E-state index contributed by atoms with van der Waals surface area (Å²) in [4.78, 5) is 22.8. The van der Waals surface area contributed by atoms with Crippen molar-refractivity contribution in [1.29, 1.82) is 0 Å². The second-order valence-electron chi connectivity index (χ2n) is 13.6. The van der Waals surface area contributed by atoms with Crippen LogP contribution in [0.15, 0.2) is 167 Å². The summed E-state index contributed by atoms with van der Waals surface area (Å²) in [6.07, 6.45) is 0. The van der Waals surface area contributed by atoms with Gasteiger partial charge < -0.3 is 4.42 Å². The van der Waals surface area contributed by atoms with E-state index in [2.05, 4.69) is 121 Å². The van der Waals surface area contributed by atoms with Gasteiger partial charge in [-0.05, 0) is 81.6 Å². The summed E-state index contributed by atoms with van der Waals surface area (Å²) < 4.78 is 9.66. The topological polar surface area (TPSA) is 65.8 Å². The standard InChI is InChI=1S/C47H32N4O2/c1-50-41-21-18-34(27-42(41)51(2)47(50)52)32-14-9-16-36(25-32)40-28-39(48-46(49-40)30-11-4-3-5-12-30)35-15-8-13-31(24-35)33-20-22-43-38(26-33)45-37-17-7-6-10-29(37)19-23-44(45)53-43/h3-28H,1-2H3. The summed E-state index contributed by atoms with van der Waals surface area (Å²) in [5.41, 5.74) is 12.4. The minimum atomic E-state index is -0.0407. The molecule has 252 valence electrons. The quantitative estimate of drug-likeness (QED) is 0.181. The van der Waals surface area contributed by atoms with Crippen LogP contribution in [0.2, 0.25) is 0 Å². The zero-order chi connectivity index (χ0) is 35.6. The normalized spacial score (nSPS) is 11.7. The average molecular weight is 685 g/mol. The molecule has 0 N–H and O–H groups in total. The Bertz CT molecular complexity index is 3110. The van der Waals surface area contributed by atoms with E-state index < -0.39 is 0 Å². The predicted molar refractivity (Wildman–Crippen MR) is 216 cm³/mol. The Balaban J connectivity index is 1.09. The lowest BCUT2D eigenvalue weighted by molar-refractivity contribution is 0.669. The highest BCUT2D eigenvalue weighted by atomic mass is 16.3. The van der Waals surface area contributed by atoms with Crippen molar-refractivity contribution in [2.24, 2.45) is 14.1 Å². The van der Waals surface area contributed by atoms with Gasteiger partial charge in [0, 0.05) is 41.6 Å². The van der Waals surface area contributed by atoms with Crippen LogP contribution in [0.5, 0.6) is 0 Å². The molecule has 0 atom stereocenters. The fourth-order valence-corrected chi connectivity index (χ4v) is 7.59. The van der Waals surface area contributed by atoms with Gasteiger partial charge in [0.15, 0.2) is 5.82 Å². The third-order valence-electron chi connectivity index (χ3n) is 10.4. The van der Waals surface area contributed by atoms with E-state index in [9.17, 15) is 4.79 Å². The molecule has 10 aromatic rings. The molecule has 6 nitrogen and oxygen atoms in total. The molecule has 0 unspecified atom stereocenters. The maximum Gasteiger partial charge on any atom is 0.328 e. The number of furan rings is 1. The third-order valence-corrected chi connectivity index (χ3v) is 10.4. The van der Waals surface area contributed by atoms with Gasteiger partial charge in [0.1, 0.15) is 11.2 Å². The van der Waals surface area contributed by atoms with Crippen molar-refractivity contribution in [2.45, 2.75) is 0 Å². The lowest BCUT2D eigenvalue weighted by Gasteiger charge is -2.12. The van der Waals surface area contributed by atoms with Gasteiger partial charge in [-0.3, -0.25) is 9.13 Å². The summed E-state index contributed by atoms with van der Waals surface area (Å²) >= 11 is 0. The van der Waals surface area contributed by atoms with Crippen LogP contribution in [0.4, 0.5) is 0 Å². The fourth-order valence-electron chi connectivity index (χ4n) is 7.59. The van der Waals surface area contributed by atoms with Crippen LogP contribution in [0.1, 0.15) is 0 Å². The highest BCUT2D eigenvalue weighted by Crippen LogP contribution is 2.38. The van der Waals surface area contributed by atoms with E-state index in [1.54, 1.807) is 16.2 Å². The molecular formula is C47H32N4O2. The lowest BCUT2D eigenvalue weighted by Crippen LogP contribution is -2.19. The number of hydrogen-bond donors (Lipinski definition) is 0. The second-order valence-corrected chi connectivity index (χ2v) is 13.6. The number of imidazole rings is 1. The van der Waals surface area contributed by atoms with E-state index in [0.717, 1.165) is 83.3 Å². The van der Waals surface area contributed by atoms with Crippen molar-refractivity contribution >= 4 is 43.7 Å². The van der Waals surface area contributed by atoms with Gasteiger partial charge in [-0.2, -0.15) is 0 Å². The maximum absolute atomic E-state index is 12.6. The second kappa shape index (κ2) is 12.0. The fraction of sp³-hybridized carbons (Fsp3) is 0.0426. The van der Waals surface area contributed by atoms with Gasteiger partial charge in [-0.15, -0.1) is 0 Å². The molecule has 0 spiro atoms. The van der Waals surface area contributed by atoms with Gasteiger partial charge in [0.05, 0.1) is 22.4 Å². The number of fused-ring (bicyclic) bond motifs is 6. The minimum absolute atomic E-state index is 0.0407. The Labute approximate surface area is 304 Å². The van der Waals surface area contributed by atoms with E-state index in [0.29, 0.717) is 5.82 Å². The molecule has 0 aliphatic rings. The summed E-state index contributed by atoms with van der Waals surface area (Å²) in [7, 11) is 3.62. The van der Waals surface area contributed by atoms with Crippen molar-refractivity contribution in [2.75, 3.05) is 0 Å². The van der Waals surface area contributed by atoms with E-state index >= 15 is 0 Å². The molecule has 0 aliphatic carbocycles. The molecule has 6 heteroatoms. The minimum Gasteiger partial charge on any atom is -0.456 e. The van der Waals surface area contributed by atoms with Crippen LogP contribution >= 0.6 is 0 Å². The number of rotatable bonds is 5. The first kappa shape index (κ1) is 30.7. The molecule has 0 saturated carbocycles. The molecule has 0 radical (unpaired) electrons. The Kier molecular flexibility index (Phi) is 6.98. The summed E-state index contributed by atoms with van der Waals surface area (Å²) in [5, 5.41) is 4.62. The Morgan fingerprint density at radius 1 is 0.453 bits per heavy atom. The average Bonchev–Trinajstić information content (AvgIpc) is 3.71. The largest absolute Gasteiger partial charge is 0.456 e. The van der Waals surface area contributed by atoms with E-state index in [4.69, 9.17) is 14.4 Å². The van der Waals surface area contributed by atoms with Crippen LogP contribution in [0.3, 0.4) is 0 Å². The van der Waals surface area contributed by atoms with Gasteiger partial charge in [0.25, 0.3) is 0 Å². The van der Waals surface area contributed by atoms with Gasteiger partial charge in [-0.1, -0.05) is 109 Å². The molecule has 7 aromatic carbocycles. The van der Waals surface area contributed by atoms with Gasteiger partial charge >= 0.3 is 5.69 Å². The monoisotopic (exact) mass is 684 g/mol. The Morgan fingerprint density at radius 3 is 1.79 bits per heavy atom. The molecule has 53 heavy (non-hydrogen) atoms. The highest BCUT2D eigenvalue weighted by molar-refractivity contribution is 6.19. The number of benzene rings is 7. The Morgan fingerprint density at radius 2 is 1.04 bits per heavy atom. The molecule has 3 aromatic heterocycles. The summed E-state index contributed by atoms with van der Waals surface area (Å²) in [6, 6.07) is 54.4. The third kappa shape index (κ3) is 5.15. The van der Waals surface area contributed by atoms with Crippen molar-refractivity contribution in [3.8, 4) is 56.2 Å². The molecule has 0 amide bonds. The summed E-state index contributed by atoms with van der Waals surface area (Å²) in [5.74, 6) is 0.660. The first-order chi connectivity index (χ1) is 26.0. The first-order valence-corrected chi connectivity index (χ1v) is 17.6. The predicted octanol–water partition coefficient (Wildman–Crippen LogP) is 11.1. The van der Waals surface area contributed by atoms with Crippen LogP contribution in [0.25, 0.3) is 99.9 Å². The molecule has 0 bridgehead atoms. The van der Waals surface area contributed by atoms with Crippen LogP contribution in [0, 0.1) is 0 Å². The molecule has 0 saturated heterocycles. The molecule has 3 heterocycles. The number of aromatic nitrogens is 4. The van der Waals surface area contributed by atoms with E-state index in [-0.39, 0.29) is 5.69 Å². The molecule has 0 fully saturated rings. The van der Waals surface area contributed by atoms with Crippen LogP contribution in [-0.4, -0.2) is 19.1 Å². The zero-order valence-electron chi connectivity index (χ0n) is 29.1. The molecule has 0 aliphatic heterocycles.